The SMILES string of the molecule is CCC(C)(Pc1ccccc1CN(c1ccccc1)c1ccccc1)c1cccc(Cc2ccccc2)c1O. The summed E-state index contributed by atoms with van der Waals surface area (Å²) in [5, 5.41) is 12.7. The van der Waals surface area contributed by atoms with Gasteiger partial charge in [-0.1, -0.05) is 132 Å². The van der Waals surface area contributed by atoms with Crippen LogP contribution in [-0.4, -0.2) is 5.11 Å². The zero-order valence-electron chi connectivity index (χ0n) is 22.7. The van der Waals surface area contributed by atoms with Crippen molar-refractivity contribution in [3.8, 4) is 5.75 Å². The minimum Gasteiger partial charge on any atom is -0.507 e. The normalized spacial score (nSPS) is 12.9. The van der Waals surface area contributed by atoms with Gasteiger partial charge in [0.15, 0.2) is 0 Å². The first kappa shape index (κ1) is 26.7. The van der Waals surface area contributed by atoms with E-state index in [1.54, 1.807) is 0 Å². The van der Waals surface area contributed by atoms with Gasteiger partial charge in [-0.3, -0.25) is 0 Å². The van der Waals surface area contributed by atoms with Gasteiger partial charge in [0.05, 0.1) is 0 Å². The Morgan fingerprint density at radius 2 is 1.18 bits per heavy atom. The molecule has 5 aromatic rings. The molecule has 5 aromatic carbocycles. The molecule has 0 spiro atoms. The largest absolute Gasteiger partial charge is 0.507 e. The molecule has 0 radical (unpaired) electrons. The highest BCUT2D eigenvalue weighted by Crippen LogP contribution is 2.48. The first-order valence-electron chi connectivity index (χ1n) is 13.7. The standard InChI is InChI=1S/C36H36NOP/c1-3-36(2,33-24-15-19-29(35(33)38)26-28-16-7-4-8-17-28)39-34-25-14-13-18-30(34)27-37(31-20-9-5-10-21-31)32-22-11-6-12-23-32/h4-25,38-39H,3,26-27H2,1-2H3. The van der Waals surface area contributed by atoms with E-state index in [1.165, 1.54) is 27.8 Å². The number of aromatic hydroxyl groups is 1. The van der Waals surface area contributed by atoms with Crippen LogP contribution in [0.5, 0.6) is 5.75 Å². The van der Waals surface area contributed by atoms with E-state index >= 15 is 0 Å². The van der Waals surface area contributed by atoms with E-state index in [-0.39, 0.29) is 5.16 Å². The van der Waals surface area contributed by atoms with Gasteiger partial charge in [-0.05, 0) is 52.7 Å². The summed E-state index contributed by atoms with van der Waals surface area (Å²) in [6.07, 6.45) is 1.66. The van der Waals surface area contributed by atoms with Crippen LogP contribution in [-0.2, 0) is 18.1 Å². The van der Waals surface area contributed by atoms with Gasteiger partial charge in [0, 0.05) is 35.1 Å². The first-order chi connectivity index (χ1) is 19.1. The molecule has 0 aliphatic rings. The molecule has 0 aliphatic carbocycles. The zero-order chi connectivity index (χ0) is 27.1. The highest BCUT2D eigenvalue weighted by molar-refractivity contribution is 7.48. The molecule has 3 heteroatoms. The molecule has 2 nitrogen and oxygen atoms in total. The van der Waals surface area contributed by atoms with Gasteiger partial charge >= 0.3 is 0 Å². The van der Waals surface area contributed by atoms with Crippen LogP contribution in [0.2, 0.25) is 0 Å². The van der Waals surface area contributed by atoms with Crippen molar-refractivity contribution in [3.63, 3.8) is 0 Å². The molecule has 0 aliphatic heterocycles. The molecule has 0 amide bonds. The number of phenolic OH excluding ortho intramolecular Hbond substituents is 1. The summed E-state index contributed by atoms with van der Waals surface area (Å²) >= 11 is 0. The molecule has 0 fully saturated rings. The number of hydrogen-bond donors (Lipinski definition) is 1. The van der Waals surface area contributed by atoms with Gasteiger partial charge in [-0.25, -0.2) is 0 Å². The molecule has 1 N–H and O–H groups in total. The quantitative estimate of drug-likeness (QED) is 0.183. The fourth-order valence-electron chi connectivity index (χ4n) is 5.14. The van der Waals surface area contributed by atoms with Crippen molar-refractivity contribution in [3.05, 3.63) is 156 Å². The van der Waals surface area contributed by atoms with Crippen LogP contribution in [0.3, 0.4) is 0 Å². The third-order valence-corrected chi connectivity index (χ3v) is 9.48. The lowest BCUT2D eigenvalue weighted by Crippen LogP contribution is -2.24. The van der Waals surface area contributed by atoms with Gasteiger partial charge < -0.3 is 10.0 Å². The monoisotopic (exact) mass is 529 g/mol. The van der Waals surface area contributed by atoms with Gasteiger partial charge in [-0.15, -0.1) is 0 Å². The second kappa shape index (κ2) is 12.3. The Morgan fingerprint density at radius 3 is 1.79 bits per heavy atom. The molecule has 0 heterocycles. The van der Waals surface area contributed by atoms with Crippen molar-refractivity contribution in [2.24, 2.45) is 0 Å². The molecule has 39 heavy (non-hydrogen) atoms. The van der Waals surface area contributed by atoms with E-state index in [1.807, 2.05) is 6.07 Å². The van der Waals surface area contributed by atoms with Crippen LogP contribution in [0.1, 0.15) is 42.5 Å². The molecule has 0 aromatic heterocycles. The summed E-state index contributed by atoms with van der Waals surface area (Å²) in [7, 11) is 0.514. The molecule has 0 saturated carbocycles. The van der Waals surface area contributed by atoms with E-state index < -0.39 is 0 Å². The molecule has 5 rings (SSSR count). The molecule has 196 valence electrons. The van der Waals surface area contributed by atoms with Crippen molar-refractivity contribution in [1.29, 1.82) is 0 Å². The Kier molecular flexibility index (Phi) is 8.45. The molecular weight excluding hydrogens is 493 g/mol. The number of phenols is 1. The number of para-hydroxylation sites is 3. The summed E-state index contributed by atoms with van der Waals surface area (Å²) in [5.74, 6) is 0.436. The number of rotatable bonds is 10. The average molecular weight is 530 g/mol. The predicted molar refractivity (Wildman–Crippen MR) is 168 cm³/mol. The highest BCUT2D eigenvalue weighted by atomic mass is 31.1. The Bertz CT molecular complexity index is 1450. The third kappa shape index (κ3) is 6.24. The number of benzene rings is 5. The topological polar surface area (TPSA) is 23.5 Å². The summed E-state index contributed by atoms with van der Waals surface area (Å²) in [5.41, 5.74) is 6.88. The van der Waals surface area contributed by atoms with Crippen LogP contribution in [0.15, 0.2) is 133 Å². The summed E-state index contributed by atoms with van der Waals surface area (Å²) < 4.78 is 0. The molecular formula is C36H36NOP. The average Bonchev–Trinajstić information content (AvgIpc) is 2.99. The van der Waals surface area contributed by atoms with Crippen LogP contribution in [0.25, 0.3) is 0 Å². The Hall–Kier alpha value is -3.87. The summed E-state index contributed by atoms with van der Waals surface area (Å²) in [6.45, 7) is 5.31. The molecule has 2 unspecified atom stereocenters. The van der Waals surface area contributed by atoms with Crippen LogP contribution in [0.4, 0.5) is 11.4 Å². The van der Waals surface area contributed by atoms with E-state index in [2.05, 4.69) is 146 Å². The highest BCUT2D eigenvalue weighted by Gasteiger charge is 2.30. The Balaban J connectivity index is 1.47. The van der Waals surface area contributed by atoms with Crippen LogP contribution in [0, 0.1) is 0 Å². The van der Waals surface area contributed by atoms with Crippen molar-refractivity contribution in [1.82, 2.24) is 0 Å². The van der Waals surface area contributed by atoms with Crippen molar-refractivity contribution >= 4 is 25.3 Å². The minimum absolute atomic E-state index is 0.183. The molecule has 0 bridgehead atoms. The van der Waals surface area contributed by atoms with E-state index in [9.17, 15) is 5.11 Å². The van der Waals surface area contributed by atoms with Crippen molar-refractivity contribution < 1.29 is 5.11 Å². The lowest BCUT2D eigenvalue weighted by molar-refractivity contribution is 0.451. The first-order valence-corrected chi connectivity index (χ1v) is 14.7. The fourth-order valence-corrected chi connectivity index (χ4v) is 6.75. The predicted octanol–water partition coefficient (Wildman–Crippen LogP) is 8.95. The molecule has 0 saturated heterocycles. The summed E-state index contributed by atoms with van der Waals surface area (Å²) in [4.78, 5) is 2.38. The summed E-state index contributed by atoms with van der Waals surface area (Å²) in [6, 6.07) is 46.6. The van der Waals surface area contributed by atoms with Crippen LogP contribution < -0.4 is 10.2 Å². The smallest absolute Gasteiger partial charge is 0.123 e. The van der Waals surface area contributed by atoms with E-state index in [0.717, 1.165) is 30.5 Å². The fraction of sp³-hybridized carbons (Fsp3) is 0.167. The van der Waals surface area contributed by atoms with Gasteiger partial charge in [-0.2, -0.15) is 0 Å². The third-order valence-electron chi connectivity index (χ3n) is 7.55. The van der Waals surface area contributed by atoms with Gasteiger partial charge in [0.25, 0.3) is 0 Å². The van der Waals surface area contributed by atoms with Crippen molar-refractivity contribution in [2.45, 2.75) is 38.4 Å². The van der Waals surface area contributed by atoms with Crippen LogP contribution >= 0.6 is 8.58 Å². The Labute approximate surface area is 234 Å². The number of anilines is 2. The van der Waals surface area contributed by atoms with E-state index in [4.69, 9.17) is 0 Å². The van der Waals surface area contributed by atoms with E-state index in [0.29, 0.717) is 14.3 Å². The van der Waals surface area contributed by atoms with Gasteiger partial charge in [0.2, 0.25) is 0 Å². The lowest BCUT2D eigenvalue weighted by Gasteiger charge is -2.32. The molecule has 2 atom stereocenters. The van der Waals surface area contributed by atoms with Gasteiger partial charge in [0.1, 0.15) is 5.75 Å². The maximum atomic E-state index is 11.5. The maximum absolute atomic E-state index is 11.5. The number of hydrogen-bond acceptors (Lipinski definition) is 2. The second-order valence-electron chi connectivity index (χ2n) is 10.2. The van der Waals surface area contributed by atoms with Crippen molar-refractivity contribution in [2.75, 3.05) is 4.90 Å². The lowest BCUT2D eigenvalue weighted by atomic mass is 9.92. The zero-order valence-corrected chi connectivity index (χ0v) is 23.7. The maximum Gasteiger partial charge on any atom is 0.123 e. The minimum atomic E-state index is -0.183. The number of nitrogens with zero attached hydrogens (tertiary/aromatic N) is 1. The second-order valence-corrected chi connectivity index (χ2v) is 12.1. The Morgan fingerprint density at radius 1 is 0.641 bits per heavy atom.